The van der Waals surface area contributed by atoms with Crippen molar-refractivity contribution in [3.8, 4) is 5.69 Å². The Balaban J connectivity index is 1.63. The van der Waals surface area contributed by atoms with Crippen LogP contribution in [0.2, 0.25) is 0 Å². The van der Waals surface area contributed by atoms with Gasteiger partial charge in [0.05, 0.1) is 9.47 Å². The van der Waals surface area contributed by atoms with Gasteiger partial charge < -0.3 is 5.32 Å². The van der Waals surface area contributed by atoms with E-state index in [1.807, 2.05) is 0 Å². The maximum atomic E-state index is 4.13. The van der Waals surface area contributed by atoms with Crippen molar-refractivity contribution in [1.82, 2.24) is 20.1 Å². The first-order valence-corrected chi connectivity index (χ1v) is 8.31. The summed E-state index contributed by atoms with van der Waals surface area (Å²) < 4.78 is 2.93. The van der Waals surface area contributed by atoms with Crippen LogP contribution in [0.1, 0.15) is 24.1 Å². The van der Waals surface area contributed by atoms with Gasteiger partial charge >= 0.3 is 0 Å². The third-order valence-corrected chi connectivity index (χ3v) is 4.86. The van der Waals surface area contributed by atoms with Crippen molar-refractivity contribution in [1.29, 1.82) is 0 Å². The molecule has 3 rings (SSSR count). The Labute approximate surface area is 136 Å². The standard InChI is InChI=1S/C15H15BrN4S/c1-11(18-7-12-6-15(16)21-8-12)13-2-4-14(5-3-13)20-10-17-9-19-20/h2-6,8-11,18H,7H2,1H3/t11-/m1/s1. The van der Waals surface area contributed by atoms with E-state index in [0.717, 1.165) is 12.2 Å². The SMILES string of the molecule is C[C@@H](NCc1csc(Br)c1)c1ccc(-n2cncn2)cc1. The normalized spacial score (nSPS) is 12.5. The number of nitrogens with zero attached hydrogens (tertiary/aromatic N) is 3. The summed E-state index contributed by atoms with van der Waals surface area (Å²) in [6, 6.07) is 10.8. The molecule has 0 spiro atoms. The highest BCUT2D eigenvalue weighted by Gasteiger charge is 2.06. The molecule has 3 aromatic rings. The number of halogens is 1. The van der Waals surface area contributed by atoms with Gasteiger partial charge in [0.25, 0.3) is 0 Å². The fraction of sp³-hybridized carbons (Fsp3) is 0.200. The quantitative estimate of drug-likeness (QED) is 0.747. The van der Waals surface area contributed by atoms with Crippen LogP contribution in [0.15, 0.2) is 52.2 Å². The van der Waals surface area contributed by atoms with Gasteiger partial charge in [0.2, 0.25) is 0 Å². The minimum atomic E-state index is 0.300. The molecule has 1 aromatic carbocycles. The van der Waals surface area contributed by atoms with E-state index in [-0.39, 0.29) is 0 Å². The Morgan fingerprint density at radius 2 is 2.14 bits per heavy atom. The molecule has 21 heavy (non-hydrogen) atoms. The predicted octanol–water partition coefficient (Wildman–Crippen LogP) is 3.94. The largest absolute Gasteiger partial charge is 0.306 e. The lowest BCUT2D eigenvalue weighted by Crippen LogP contribution is -2.17. The predicted molar refractivity (Wildman–Crippen MR) is 88.6 cm³/mol. The lowest BCUT2D eigenvalue weighted by atomic mass is 10.1. The Hall–Kier alpha value is -1.50. The summed E-state index contributed by atoms with van der Waals surface area (Å²) >= 11 is 5.20. The molecule has 4 nitrogen and oxygen atoms in total. The summed E-state index contributed by atoms with van der Waals surface area (Å²) in [5, 5.41) is 9.82. The second kappa shape index (κ2) is 6.51. The van der Waals surface area contributed by atoms with Crippen molar-refractivity contribution >= 4 is 27.3 Å². The van der Waals surface area contributed by atoms with Crippen LogP contribution in [0.5, 0.6) is 0 Å². The molecule has 0 saturated carbocycles. The molecule has 6 heteroatoms. The van der Waals surface area contributed by atoms with Crippen LogP contribution < -0.4 is 5.32 Å². The molecule has 0 unspecified atom stereocenters. The molecule has 0 radical (unpaired) electrons. The van der Waals surface area contributed by atoms with E-state index in [4.69, 9.17) is 0 Å². The first kappa shape index (κ1) is 14.4. The number of thiophene rings is 1. The van der Waals surface area contributed by atoms with Crippen LogP contribution in [-0.4, -0.2) is 14.8 Å². The van der Waals surface area contributed by atoms with Crippen LogP contribution >= 0.6 is 27.3 Å². The molecular formula is C15H15BrN4S. The summed E-state index contributed by atoms with van der Waals surface area (Å²) in [6.45, 7) is 3.04. The summed E-state index contributed by atoms with van der Waals surface area (Å²) in [6.07, 6.45) is 3.24. The van der Waals surface area contributed by atoms with Gasteiger partial charge in [-0.1, -0.05) is 12.1 Å². The van der Waals surface area contributed by atoms with Crippen molar-refractivity contribution in [2.45, 2.75) is 19.5 Å². The summed E-state index contributed by atoms with van der Waals surface area (Å²) in [4.78, 5) is 3.96. The average molecular weight is 363 g/mol. The average Bonchev–Trinajstić information content (AvgIpc) is 3.16. The van der Waals surface area contributed by atoms with E-state index in [1.54, 1.807) is 22.3 Å². The van der Waals surface area contributed by atoms with Gasteiger partial charge in [-0.15, -0.1) is 11.3 Å². The first-order valence-electron chi connectivity index (χ1n) is 6.63. The number of aromatic nitrogens is 3. The van der Waals surface area contributed by atoms with Crippen molar-refractivity contribution in [2.75, 3.05) is 0 Å². The molecule has 0 aliphatic heterocycles. The zero-order valence-electron chi connectivity index (χ0n) is 11.5. The minimum absolute atomic E-state index is 0.300. The van der Waals surface area contributed by atoms with E-state index in [0.29, 0.717) is 6.04 Å². The van der Waals surface area contributed by atoms with E-state index in [1.165, 1.54) is 21.2 Å². The van der Waals surface area contributed by atoms with Crippen LogP contribution in [0, 0.1) is 0 Å². The van der Waals surface area contributed by atoms with Gasteiger partial charge in [-0.25, -0.2) is 9.67 Å². The van der Waals surface area contributed by atoms with Gasteiger partial charge in [0.15, 0.2) is 0 Å². The molecule has 0 fully saturated rings. The topological polar surface area (TPSA) is 42.7 Å². The Bertz CT molecular complexity index is 691. The van der Waals surface area contributed by atoms with Crippen LogP contribution in [0.3, 0.4) is 0 Å². The summed E-state index contributed by atoms with van der Waals surface area (Å²) in [5.41, 5.74) is 3.58. The first-order chi connectivity index (χ1) is 10.2. The highest BCUT2D eigenvalue weighted by atomic mass is 79.9. The van der Waals surface area contributed by atoms with E-state index in [2.05, 4.69) is 74.0 Å². The van der Waals surface area contributed by atoms with Crippen LogP contribution in [0.4, 0.5) is 0 Å². The lowest BCUT2D eigenvalue weighted by molar-refractivity contribution is 0.575. The van der Waals surface area contributed by atoms with E-state index < -0.39 is 0 Å². The monoisotopic (exact) mass is 362 g/mol. The molecule has 0 aliphatic rings. The molecule has 2 heterocycles. The minimum Gasteiger partial charge on any atom is -0.306 e. The second-order valence-corrected chi connectivity index (χ2v) is 7.08. The Morgan fingerprint density at radius 3 is 2.76 bits per heavy atom. The Kier molecular flexibility index (Phi) is 4.48. The zero-order valence-corrected chi connectivity index (χ0v) is 13.9. The fourth-order valence-corrected chi connectivity index (χ4v) is 3.29. The van der Waals surface area contributed by atoms with Crippen LogP contribution in [-0.2, 0) is 6.54 Å². The molecule has 0 bridgehead atoms. The second-order valence-electron chi connectivity index (χ2n) is 4.79. The number of rotatable bonds is 5. The van der Waals surface area contributed by atoms with Gasteiger partial charge in [0.1, 0.15) is 12.7 Å². The molecular weight excluding hydrogens is 348 g/mol. The van der Waals surface area contributed by atoms with Gasteiger partial charge in [0, 0.05) is 12.6 Å². The number of nitrogens with one attached hydrogen (secondary N) is 1. The Morgan fingerprint density at radius 1 is 1.33 bits per heavy atom. The molecule has 2 aromatic heterocycles. The molecule has 0 aliphatic carbocycles. The summed E-state index contributed by atoms with van der Waals surface area (Å²) in [5.74, 6) is 0. The summed E-state index contributed by atoms with van der Waals surface area (Å²) in [7, 11) is 0. The number of hydrogen-bond acceptors (Lipinski definition) is 4. The molecule has 0 saturated heterocycles. The lowest BCUT2D eigenvalue weighted by Gasteiger charge is -2.14. The highest BCUT2D eigenvalue weighted by Crippen LogP contribution is 2.21. The van der Waals surface area contributed by atoms with Crippen LogP contribution in [0.25, 0.3) is 5.69 Å². The van der Waals surface area contributed by atoms with Crippen molar-refractivity contribution in [3.63, 3.8) is 0 Å². The van der Waals surface area contributed by atoms with Gasteiger partial charge in [-0.2, -0.15) is 5.10 Å². The fourth-order valence-electron chi connectivity index (χ4n) is 2.08. The van der Waals surface area contributed by atoms with Crippen molar-refractivity contribution in [2.24, 2.45) is 0 Å². The van der Waals surface area contributed by atoms with Crippen molar-refractivity contribution in [3.05, 3.63) is 63.3 Å². The third-order valence-electron chi connectivity index (χ3n) is 3.31. The van der Waals surface area contributed by atoms with Crippen molar-refractivity contribution < 1.29 is 0 Å². The maximum Gasteiger partial charge on any atom is 0.138 e. The third kappa shape index (κ3) is 3.58. The maximum absolute atomic E-state index is 4.13. The van der Waals surface area contributed by atoms with Gasteiger partial charge in [-0.05, 0) is 57.6 Å². The molecule has 108 valence electrons. The molecule has 1 N–H and O–H groups in total. The number of benzene rings is 1. The molecule has 0 amide bonds. The van der Waals surface area contributed by atoms with E-state index >= 15 is 0 Å². The number of hydrogen-bond donors (Lipinski definition) is 1. The highest BCUT2D eigenvalue weighted by molar-refractivity contribution is 9.11. The zero-order chi connectivity index (χ0) is 14.7. The smallest absolute Gasteiger partial charge is 0.138 e. The van der Waals surface area contributed by atoms with Gasteiger partial charge in [-0.3, -0.25) is 0 Å². The molecule has 1 atom stereocenters. The van der Waals surface area contributed by atoms with E-state index in [9.17, 15) is 0 Å².